The Morgan fingerprint density at radius 1 is 1.65 bits per heavy atom. The summed E-state index contributed by atoms with van der Waals surface area (Å²) >= 11 is 6.96. The van der Waals surface area contributed by atoms with Crippen LogP contribution in [0.15, 0.2) is 23.2 Å². The minimum absolute atomic E-state index is 0.0228. The Balaban J connectivity index is 3.12. The molecular weight excluding hydrogens is 262 g/mol. The number of rotatable bonds is 2. The minimum atomic E-state index is -1.12. The van der Waals surface area contributed by atoms with Gasteiger partial charge in [-0.3, -0.25) is 5.32 Å². The van der Waals surface area contributed by atoms with Gasteiger partial charge in [-0.05, 0) is 24.5 Å². The summed E-state index contributed by atoms with van der Waals surface area (Å²) in [5, 5.41) is 20.3. The van der Waals surface area contributed by atoms with Gasteiger partial charge in [0.2, 0.25) is 0 Å². The predicted molar refractivity (Wildman–Crippen MR) is 67.8 cm³/mol. The molecule has 0 aromatic heterocycles. The number of carboxylic acid groups (broad SMARTS) is 1. The number of carboxylic acids is 1. The van der Waals surface area contributed by atoms with Crippen molar-refractivity contribution in [1.82, 2.24) is 5.32 Å². The highest BCUT2D eigenvalue weighted by atomic mass is 35.5. The third-order valence-electron chi connectivity index (χ3n) is 1.77. The molecule has 0 aliphatic rings. The van der Waals surface area contributed by atoms with Crippen LogP contribution in [-0.4, -0.2) is 22.5 Å². The average Bonchev–Trinajstić information content (AvgIpc) is 2.30. The second-order valence-corrected chi connectivity index (χ2v) is 4.03. The molecule has 2 N–H and O–H groups in total. The summed E-state index contributed by atoms with van der Waals surface area (Å²) in [7, 11) is 0. The molecule has 0 heterocycles. The van der Waals surface area contributed by atoms with Gasteiger partial charge < -0.3 is 5.11 Å². The van der Waals surface area contributed by atoms with Crippen LogP contribution >= 0.6 is 23.4 Å². The summed E-state index contributed by atoms with van der Waals surface area (Å²) in [5.41, 5.74) is 0.393. The van der Waals surface area contributed by atoms with Crippen molar-refractivity contribution in [3.63, 3.8) is 0 Å². The molecule has 0 atom stereocenters. The van der Waals surface area contributed by atoms with E-state index in [1.54, 1.807) is 18.5 Å². The van der Waals surface area contributed by atoms with Gasteiger partial charge in [-0.25, -0.2) is 9.79 Å². The summed E-state index contributed by atoms with van der Waals surface area (Å²) in [5.74, 6) is -1.12. The van der Waals surface area contributed by atoms with Crippen LogP contribution in [0.2, 0.25) is 5.02 Å². The minimum Gasteiger partial charge on any atom is -0.478 e. The van der Waals surface area contributed by atoms with E-state index in [4.69, 9.17) is 22.0 Å². The number of aromatic carboxylic acids is 1. The molecule has 0 aliphatic carbocycles. The van der Waals surface area contributed by atoms with Crippen LogP contribution in [0.1, 0.15) is 10.4 Å². The highest BCUT2D eigenvalue weighted by Gasteiger charge is 2.09. The molecule has 0 unspecified atom stereocenters. The lowest BCUT2D eigenvalue weighted by Gasteiger charge is -2.02. The molecule has 88 valence electrons. The third kappa shape index (κ3) is 3.66. The topological polar surface area (TPSA) is 85.5 Å². The smallest absolute Gasteiger partial charge is 0.337 e. The number of hydrogen-bond acceptors (Lipinski definition) is 4. The number of hydrogen-bond donors (Lipinski definition) is 2. The predicted octanol–water partition coefficient (Wildman–Crippen LogP) is 2.46. The fourth-order valence-corrected chi connectivity index (χ4v) is 1.58. The average molecular weight is 270 g/mol. The van der Waals surface area contributed by atoms with E-state index in [9.17, 15) is 4.79 Å². The first-order valence-electron chi connectivity index (χ1n) is 4.39. The van der Waals surface area contributed by atoms with Gasteiger partial charge in [0.15, 0.2) is 11.4 Å². The van der Waals surface area contributed by atoms with E-state index in [0.717, 1.165) is 0 Å². The van der Waals surface area contributed by atoms with Crippen LogP contribution in [0.25, 0.3) is 0 Å². The van der Waals surface area contributed by atoms with Crippen LogP contribution in [0.3, 0.4) is 0 Å². The van der Waals surface area contributed by atoms with Gasteiger partial charge in [-0.1, -0.05) is 23.4 Å². The molecule has 0 fully saturated rings. The van der Waals surface area contributed by atoms with Crippen LogP contribution in [0.5, 0.6) is 0 Å². The standard InChI is InChI=1S/C10H8ClN3O2S/c1-17-10(13-5-12)14-6-2-3-8(11)7(4-6)9(15)16/h2-4H,1H3,(H,13,14)(H,15,16). The number of thioether (sulfide) groups is 1. The lowest BCUT2D eigenvalue weighted by Crippen LogP contribution is -2.12. The van der Waals surface area contributed by atoms with Crippen LogP contribution in [0.4, 0.5) is 5.69 Å². The van der Waals surface area contributed by atoms with E-state index in [2.05, 4.69) is 10.3 Å². The lowest BCUT2D eigenvalue weighted by molar-refractivity contribution is 0.0697. The third-order valence-corrected chi connectivity index (χ3v) is 2.68. The van der Waals surface area contributed by atoms with Crippen LogP contribution in [0, 0.1) is 11.5 Å². The number of nitrogens with one attached hydrogen (secondary N) is 1. The molecule has 0 amide bonds. The van der Waals surface area contributed by atoms with Gasteiger partial charge in [0.25, 0.3) is 0 Å². The van der Waals surface area contributed by atoms with Crippen molar-refractivity contribution in [1.29, 1.82) is 5.26 Å². The summed E-state index contributed by atoms with van der Waals surface area (Å²) in [6, 6.07) is 4.37. The Morgan fingerprint density at radius 2 is 2.35 bits per heavy atom. The molecule has 0 radical (unpaired) electrons. The van der Waals surface area contributed by atoms with Crippen molar-refractivity contribution >= 4 is 40.2 Å². The van der Waals surface area contributed by atoms with Crippen molar-refractivity contribution in [3.8, 4) is 6.19 Å². The first kappa shape index (κ1) is 13.4. The normalized spacial score (nSPS) is 10.8. The molecule has 0 bridgehead atoms. The van der Waals surface area contributed by atoms with Gasteiger partial charge >= 0.3 is 5.97 Å². The van der Waals surface area contributed by atoms with Gasteiger partial charge in [-0.2, -0.15) is 5.26 Å². The molecule has 1 aromatic carbocycles. The van der Waals surface area contributed by atoms with Gasteiger partial charge in [0.05, 0.1) is 16.3 Å². The van der Waals surface area contributed by atoms with Crippen molar-refractivity contribution in [2.75, 3.05) is 6.26 Å². The number of halogens is 1. The maximum atomic E-state index is 10.8. The van der Waals surface area contributed by atoms with Crippen LogP contribution < -0.4 is 5.32 Å². The molecular formula is C10H8ClN3O2S. The molecule has 0 saturated carbocycles. The molecule has 7 heteroatoms. The second-order valence-electron chi connectivity index (χ2n) is 2.83. The monoisotopic (exact) mass is 269 g/mol. The van der Waals surface area contributed by atoms with E-state index < -0.39 is 5.97 Å². The van der Waals surface area contributed by atoms with Gasteiger partial charge in [0.1, 0.15) is 0 Å². The number of nitrogens with zero attached hydrogens (tertiary/aromatic N) is 2. The number of carbonyl (C=O) groups is 1. The first-order chi connectivity index (χ1) is 8.08. The van der Waals surface area contributed by atoms with E-state index in [0.29, 0.717) is 10.9 Å². The largest absolute Gasteiger partial charge is 0.478 e. The van der Waals surface area contributed by atoms with Crippen molar-refractivity contribution in [3.05, 3.63) is 28.8 Å². The Bertz CT molecular complexity index is 511. The Hall–Kier alpha value is -1.71. The Kier molecular flexibility index (Phi) is 4.82. The fourth-order valence-electron chi connectivity index (χ4n) is 1.04. The van der Waals surface area contributed by atoms with Crippen molar-refractivity contribution < 1.29 is 9.90 Å². The quantitative estimate of drug-likeness (QED) is 0.373. The number of benzene rings is 1. The van der Waals surface area contributed by atoms with Crippen molar-refractivity contribution in [2.24, 2.45) is 4.99 Å². The molecule has 0 saturated heterocycles. The van der Waals surface area contributed by atoms with E-state index in [-0.39, 0.29) is 10.6 Å². The van der Waals surface area contributed by atoms with Crippen LogP contribution in [-0.2, 0) is 0 Å². The zero-order valence-electron chi connectivity index (χ0n) is 8.77. The first-order valence-corrected chi connectivity index (χ1v) is 5.99. The Labute approximate surface area is 107 Å². The van der Waals surface area contributed by atoms with Gasteiger partial charge in [0, 0.05) is 0 Å². The summed E-state index contributed by atoms with van der Waals surface area (Å²) in [6.07, 6.45) is 3.49. The SMILES string of the molecule is CSC(=Nc1ccc(Cl)c(C(=O)O)c1)NC#N. The molecule has 17 heavy (non-hydrogen) atoms. The zero-order chi connectivity index (χ0) is 12.8. The summed E-state index contributed by atoms with van der Waals surface area (Å²) in [4.78, 5) is 14.9. The number of amidine groups is 1. The fraction of sp³-hybridized carbons (Fsp3) is 0.100. The molecule has 5 nitrogen and oxygen atoms in total. The molecule has 1 aromatic rings. The maximum absolute atomic E-state index is 10.8. The highest BCUT2D eigenvalue weighted by molar-refractivity contribution is 8.13. The lowest BCUT2D eigenvalue weighted by atomic mass is 10.2. The van der Waals surface area contributed by atoms with E-state index in [1.807, 2.05) is 0 Å². The highest BCUT2D eigenvalue weighted by Crippen LogP contribution is 2.23. The maximum Gasteiger partial charge on any atom is 0.337 e. The van der Waals surface area contributed by atoms with Crippen molar-refractivity contribution in [2.45, 2.75) is 0 Å². The number of aliphatic imine (C=N–C) groups is 1. The second kappa shape index (κ2) is 6.13. The van der Waals surface area contributed by atoms with E-state index in [1.165, 1.54) is 23.9 Å². The molecule has 0 spiro atoms. The molecule has 0 aliphatic heterocycles. The summed E-state index contributed by atoms with van der Waals surface area (Å²) < 4.78 is 0. The zero-order valence-corrected chi connectivity index (χ0v) is 10.3. The number of nitriles is 1. The van der Waals surface area contributed by atoms with E-state index >= 15 is 0 Å². The molecule has 1 rings (SSSR count). The van der Waals surface area contributed by atoms with Gasteiger partial charge in [-0.15, -0.1) is 0 Å². The summed E-state index contributed by atoms with van der Waals surface area (Å²) in [6.45, 7) is 0. The Morgan fingerprint density at radius 3 is 2.88 bits per heavy atom.